The molecule has 2 heterocycles. The van der Waals surface area contributed by atoms with Gasteiger partial charge in [0.05, 0.1) is 26.6 Å². The molecule has 1 aromatic heterocycles. The average Bonchev–Trinajstić information content (AvgIpc) is 3.45. The summed E-state index contributed by atoms with van der Waals surface area (Å²) >= 11 is 1.18. The second-order valence-corrected chi connectivity index (χ2v) is 10.7. The van der Waals surface area contributed by atoms with Gasteiger partial charge in [-0.25, -0.2) is 12.8 Å². The lowest BCUT2D eigenvalue weighted by atomic mass is 10.2. The number of carbonyl (C=O) groups is 1. The first-order valence-corrected chi connectivity index (χ1v) is 13.2. The molecule has 35 heavy (non-hydrogen) atoms. The van der Waals surface area contributed by atoms with Crippen molar-refractivity contribution in [2.75, 3.05) is 19.8 Å². The summed E-state index contributed by atoms with van der Waals surface area (Å²) in [4.78, 5) is 28.4. The lowest BCUT2D eigenvalue weighted by Crippen LogP contribution is -2.40. The van der Waals surface area contributed by atoms with Gasteiger partial charge in [-0.2, -0.15) is 9.30 Å². The maximum absolute atomic E-state index is 13.3. The second kappa shape index (κ2) is 10.3. The molecule has 4 rings (SSSR count). The molecule has 1 unspecified atom stereocenters. The van der Waals surface area contributed by atoms with Gasteiger partial charge in [-0.3, -0.25) is 14.9 Å². The summed E-state index contributed by atoms with van der Waals surface area (Å²) in [7, 11) is -4.02. The molecule has 0 radical (unpaired) electrons. The number of nitrogens with zero attached hydrogens (tertiary/aromatic N) is 4. The number of aromatic nitrogens is 1. The van der Waals surface area contributed by atoms with Gasteiger partial charge >= 0.3 is 0 Å². The third kappa shape index (κ3) is 5.17. The highest BCUT2D eigenvalue weighted by atomic mass is 32.2. The van der Waals surface area contributed by atoms with Gasteiger partial charge in [0.25, 0.3) is 11.6 Å². The van der Waals surface area contributed by atoms with E-state index in [-0.39, 0.29) is 17.1 Å². The Kier molecular flexibility index (Phi) is 7.40. The van der Waals surface area contributed by atoms with Gasteiger partial charge in [-0.05, 0) is 50.1 Å². The van der Waals surface area contributed by atoms with E-state index in [1.165, 1.54) is 35.6 Å². The number of thiazole rings is 1. The number of amides is 1. The first kappa shape index (κ1) is 25.1. The Bertz CT molecular complexity index is 1430. The quantitative estimate of drug-likeness (QED) is 0.254. The molecule has 0 saturated carbocycles. The van der Waals surface area contributed by atoms with Crippen LogP contribution in [0.1, 0.15) is 19.8 Å². The Hall–Kier alpha value is -3.00. The summed E-state index contributed by atoms with van der Waals surface area (Å²) in [5.41, 5.74) is 0.448. The van der Waals surface area contributed by atoms with Gasteiger partial charge in [0.1, 0.15) is 11.9 Å². The van der Waals surface area contributed by atoms with Gasteiger partial charge in [-0.15, -0.1) is 0 Å². The van der Waals surface area contributed by atoms with Crippen LogP contribution in [0.25, 0.3) is 10.2 Å². The molecule has 0 N–H and O–H groups in total. The standard InChI is InChI=1S/C22H23FN4O6S2/c1-2-33-13-12-25-19-14-16(27(29)30)7-10-20(19)34-22(25)24-21(28)18-4-3-11-26(18)35(31,32)17-8-5-15(23)6-9-17/h5-10,14,18H,2-4,11-13H2,1H3. The van der Waals surface area contributed by atoms with Crippen molar-refractivity contribution in [3.05, 3.63) is 63.2 Å². The maximum atomic E-state index is 13.3. The molecule has 13 heteroatoms. The highest BCUT2D eigenvalue weighted by Crippen LogP contribution is 2.27. The van der Waals surface area contributed by atoms with Crippen LogP contribution >= 0.6 is 11.3 Å². The van der Waals surface area contributed by atoms with Crippen molar-refractivity contribution >= 4 is 43.2 Å². The van der Waals surface area contributed by atoms with Crippen molar-refractivity contribution in [1.82, 2.24) is 8.87 Å². The number of benzene rings is 2. The fraction of sp³-hybridized carbons (Fsp3) is 0.364. The molecule has 3 aromatic rings. The summed E-state index contributed by atoms with van der Waals surface area (Å²) in [6, 6.07) is 7.85. The molecule has 1 saturated heterocycles. The predicted octanol–water partition coefficient (Wildman–Crippen LogP) is 3.07. The van der Waals surface area contributed by atoms with Crippen molar-refractivity contribution in [3.8, 4) is 0 Å². The summed E-state index contributed by atoms with van der Waals surface area (Å²) in [6.07, 6.45) is 0.785. The molecule has 0 aliphatic carbocycles. The highest BCUT2D eigenvalue weighted by Gasteiger charge is 2.39. The van der Waals surface area contributed by atoms with Crippen molar-refractivity contribution < 1.29 is 27.3 Å². The van der Waals surface area contributed by atoms with E-state index in [2.05, 4.69) is 4.99 Å². The van der Waals surface area contributed by atoms with Gasteiger partial charge in [0.2, 0.25) is 10.0 Å². The minimum absolute atomic E-state index is 0.0919. The van der Waals surface area contributed by atoms with Crippen LogP contribution in [-0.4, -0.2) is 53.9 Å². The smallest absolute Gasteiger partial charge is 0.271 e. The van der Waals surface area contributed by atoms with E-state index >= 15 is 0 Å². The van der Waals surface area contributed by atoms with E-state index in [1.807, 2.05) is 6.92 Å². The number of ether oxygens (including phenoxy) is 1. The van der Waals surface area contributed by atoms with Gasteiger partial charge in [0, 0.05) is 31.8 Å². The lowest BCUT2D eigenvalue weighted by molar-refractivity contribution is -0.384. The number of hydrogen-bond donors (Lipinski definition) is 0. The first-order valence-electron chi connectivity index (χ1n) is 10.9. The molecule has 186 valence electrons. The summed E-state index contributed by atoms with van der Waals surface area (Å²) in [6.45, 7) is 3.08. The third-order valence-corrected chi connectivity index (χ3v) is 8.64. The molecule has 1 amide bonds. The van der Waals surface area contributed by atoms with Gasteiger partial charge in [-0.1, -0.05) is 11.3 Å². The predicted molar refractivity (Wildman–Crippen MR) is 127 cm³/mol. The van der Waals surface area contributed by atoms with Crippen LogP contribution in [0, 0.1) is 15.9 Å². The summed E-state index contributed by atoms with van der Waals surface area (Å²) < 4.78 is 48.4. The average molecular weight is 523 g/mol. The zero-order chi connectivity index (χ0) is 25.2. The van der Waals surface area contributed by atoms with E-state index in [0.29, 0.717) is 47.6 Å². The largest absolute Gasteiger partial charge is 0.380 e. The Balaban J connectivity index is 1.72. The number of hydrogen-bond acceptors (Lipinski definition) is 7. The van der Waals surface area contributed by atoms with Crippen LogP contribution < -0.4 is 4.80 Å². The van der Waals surface area contributed by atoms with E-state index < -0.39 is 32.7 Å². The molecule has 1 aliphatic heterocycles. The number of rotatable bonds is 8. The molecule has 1 aliphatic rings. The summed E-state index contributed by atoms with van der Waals surface area (Å²) in [5, 5.41) is 11.3. The molecular weight excluding hydrogens is 499 g/mol. The molecule has 0 spiro atoms. The molecule has 10 nitrogen and oxygen atoms in total. The maximum Gasteiger partial charge on any atom is 0.271 e. The van der Waals surface area contributed by atoms with Crippen molar-refractivity contribution in [3.63, 3.8) is 0 Å². The van der Waals surface area contributed by atoms with Gasteiger partial charge in [0.15, 0.2) is 4.80 Å². The molecule has 0 bridgehead atoms. The van der Waals surface area contributed by atoms with E-state index in [0.717, 1.165) is 16.4 Å². The minimum atomic E-state index is -4.02. The molecular formula is C22H23FN4O6S2. The molecule has 1 fully saturated rings. The molecule has 2 aromatic carbocycles. The minimum Gasteiger partial charge on any atom is -0.380 e. The van der Waals surface area contributed by atoms with E-state index in [1.54, 1.807) is 10.6 Å². The van der Waals surface area contributed by atoms with Crippen LogP contribution in [0.5, 0.6) is 0 Å². The second-order valence-electron chi connectivity index (χ2n) is 7.82. The highest BCUT2D eigenvalue weighted by molar-refractivity contribution is 7.89. The summed E-state index contributed by atoms with van der Waals surface area (Å²) in [5.74, 6) is -1.19. The fourth-order valence-electron chi connectivity index (χ4n) is 3.96. The van der Waals surface area contributed by atoms with Crippen LogP contribution in [0.15, 0.2) is 52.4 Å². The number of carbonyl (C=O) groups excluding carboxylic acids is 1. The van der Waals surface area contributed by atoms with E-state index in [4.69, 9.17) is 4.74 Å². The Morgan fingerprint density at radius 2 is 2.03 bits per heavy atom. The fourth-order valence-corrected chi connectivity index (χ4v) is 6.65. The number of nitro benzene ring substituents is 1. The zero-order valence-corrected chi connectivity index (χ0v) is 20.4. The van der Waals surface area contributed by atoms with Crippen LogP contribution in [0.4, 0.5) is 10.1 Å². The topological polar surface area (TPSA) is 124 Å². The lowest BCUT2D eigenvalue weighted by Gasteiger charge is -2.21. The number of non-ortho nitro benzene ring substituents is 1. The number of sulfonamides is 1. The Labute approximate surface area is 204 Å². The van der Waals surface area contributed by atoms with Crippen LogP contribution in [0.2, 0.25) is 0 Å². The third-order valence-electron chi connectivity index (χ3n) is 5.65. The number of fused-ring (bicyclic) bond motifs is 1. The van der Waals surface area contributed by atoms with Gasteiger partial charge < -0.3 is 9.30 Å². The van der Waals surface area contributed by atoms with Crippen molar-refractivity contribution in [2.45, 2.75) is 37.2 Å². The normalized spacial score (nSPS) is 17.3. The van der Waals surface area contributed by atoms with Crippen LogP contribution in [0.3, 0.4) is 0 Å². The van der Waals surface area contributed by atoms with Crippen molar-refractivity contribution in [1.29, 1.82) is 0 Å². The van der Waals surface area contributed by atoms with E-state index in [9.17, 15) is 27.7 Å². The molecule has 1 atom stereocenters. The SMILES string of the molecule is CCOCCn1c(=NC(=O)C2CCCN2S(=O)(=O)c2ccc(F)cc2)sc2ccc([N+](=O)[O-])cc21. The van der Waals surface area contributed by atoms with Crippen molar-refractivity contribution in [2.24, 2.45) is 4.99 Å². The zero-order valence-electron chi connectivity index (χ0n) is 18.8. The monoisotopic (exact) mass is 522 g/mol. The first-order chi connectivity index (χ1) is 16.7. The number of nitro groups is 1. The Morgan fingerprint density at radius 1 is 1.29 bits per heavy atom. The van der Waals surface area contributed by atoms with Crippen LogP contribution in [-0.2, 0) is 26.1 Å². The Morgan fingerprint density at radius 3 is 2.71 bits per heavy atom. The number of halogens is 1.